The molecule has 0 bridgehead atoms. The van der Waals surface area contributed by atoms with E-state index < -0.39 is 0 Å². The van der Waals surface area contributed by atoms with Gasteiger partial charge < -0.3 is 10.2 Å². The molecule has 3 heteroatoms. The Morgan fingerprint density at radius 3 is 2.71 bits per heavy atom. The molecule has 3 nitrogen and oxygen atoms in total. The summed E-state index contributed by atoms with van der Waals surface area (Å²) in [7, 11) is 4.18. The Morgan fingerprint density at radius 1 is 1.36 bits per heavy atom. The number of nitrogens with one attached hydrogen (secondary N) is 1. The molecule has 0 fully saturated rings. The van der Waals surface area contributed by atoms with Crippen molar-refractivity contribution in [2.24, 2.45) is 0 Å². The van der Waals surface area contributed by atoms with Crippen LogP contribution in [0.3, 0.4) is 0 Å². The van der Waals surface area contributed by atoms with Gasteiger partial charge in [0.1, 0.15) is 0 Å². The van der Waals surface area contributed by atoms with Crippen LogP contribution >= 0.6 is 0 Å². The van der Waals surface area contributed by atoms with Gasteiger partial charge in [-0.15, -0.1) is 0 Å². The fourth-order valence-electron chi connectivity index (χ4n) is 1.54. The zero-order valence-corrected chi connectivity index (χ0v) is 9.18. The molecule has 0 saturated carbocycles. The fourth-order valence-corrected chi connectivity index (χ4v) is 1.54. The highest BCUT2D eigenvalue weighted by Crippen LogP contribution is 2.11. The Bertz CT molecular complexity index is 221. The monoisotopic (exact) mass is 196 g/mol. The number of nitrogens with zero attached hydrogens (tertiary/aromatic N) is 1. The van der Waals surface area contributed by atoms with Crippen molar-refractivity contribution in [3.63, 3.8) is 0 Å². The molecule has 1 N–H and O–H groups in total. The second kappa shape index (κ2) is 5.81. The van der Waals surface area contributed by atoms with Crippen LogP contribution in [0.5, 0.6) is 0 Å². The van der Waals surface area contributed by atoms with Crippen molar-refractivity contribution < 1.29 is 4.79 Å². The minimum Gasteiger partial charge on any atom is -0.388 e. The van der Waals surface area contributed by atoms with E-state index in [1.807, 2.05) is 0 Å². The largest absolute Gasteiger partial charge is 0.388 e. The van der Waals surface area contributed by atoms with Crippen LogP contribution in [0.15, 0.2) is 11.8 Å². The Labute approximate surface area is 86.2 Å². The van der Waals surface area contributed by atoms with Gasteiger partial charge in [-0.2, -0.15) is 0 Å². The maximum absolute atomic E-state index is 10.9. The summed E-state index contributed by atoms with van der Waals surface area (Å²) in [6.07, 6.45) is 5.73. The summed E-state index contributed by atoms with van der Waals surface area (Å²) in [5.74, 6) is 0.265. The Kier molecular flexibility index (Phi) is 4.66. The number of hydrogen-bond donors (Lipinski definition) is 1. The Balaban J connectivity index is 1.99. The minimum atomic E-state index is 0.265. The number of unbranched alkanes of at least 4 members (excludes halogenated alkanes) is 1. The van der Waals surface area contributed by atoms with Gasteiger partial charge in [0.05, 0.1) is 0 Å². The van der Waals surface area contributed by atoms with Crippen LogP contribution in [-0.2, 0) is 4.79 Å². The van der Waals surface area contributed by atoms with Crippen molar-refractivity contribution in [1.29, 1.82) is 0 Å². The van der Waals surface area contributed by atoms with Crippen molar-refractivity contribution >= 4 is 5.78 Å². The van der Waals surface area contributed by atoms with E-state index in [0.29, 0.717) is 6.42 Å². The highest BCUT2D eigenvalue weighted by molar-refractivity contribution is 5.92. The number of rotatable bonds is 6. The lowest BCUT2D eigenvalue weighted by Gasteiger charge is -2.10. The molecule has 0 radical (unpaired) electrons. The van der Waals surface area contributed by atoms with Crippen LogP contribution in [0, 0.1) is 0 Å². The molecule has 0 atom stereocenters. The maximum atomic E-state index is 10.9. The molecule has 0 aromatic rings. The summed E-state index contributed by atoms with van der Waals surface area (Å²) in [6, 6.07) is 0. The first-order valence-electron chi connectivity index (χ1n) is 5.30. The number of allylic oxidation sites excluding steroid dienone is 2. The molecule has 0 aliphatic heterocycles. The van der Waals surface area contributed by atoms with E-state index in [1.54, 1.807) is 6.08 Å². The van der Waals surface area contributed by atoms with Gasteiger partial charge >= 0.3 is 0 Å². The molecule has 0 spiro atoms. The quantitative estimate of drug-likeness (QED) is 0.647. The molecule has 80 valence electrons. The second-order valence-corrected chi connectivity index (χ2v) is 4.07. The van der Waals surface area contributed by atoms with E-state index in [2.05, 4.69) is 24.3 Å². The van der Waals surface area contributed by atoms with E-state index in [1.165, 1.54) is 12.8 Å². The summed E-state index contributed by atoms with van der Waals surface area (Å²) in [5, 5.41) is 3.31. The van der Waals surface area contributed by atoms with Crippen molar-refractivity contribution in [3.8, 4) is 0 Å². The van der Waals surface area contributed by atoms with Crippen LogP contribution in [0.2, 0.25) is 0 Å². The SMILES string of the molecule is CN(C)CCCCNC1=CC(=O)CC1. The van der Waals surface area contributed by atoms with Gasteiger partial charge in [-0.05, 0) is 39.9 Å². The first-order chi connectivity index (χ1) is 6.68. The lowest BCUT2D eigenvalue weighted by atomic mass is 10.3. The van der Waals surface area contributed by atoms with Gasteiger partial charge in [0.2, 0.25) is 0 Å². The first kappa shape index (κ1) is 11.2. The zero-order chi connectivity index (χ0) is 10.4. The van der Waals surface area contributed by atoms with E-state index >= 15 is 0 Å². The van der Waals surface area contributed by atoms with Crippen molar-refractivity contribution in [3.05, 3.63) is 11.8 Å². The van der Waals surface area contributed by atoms with Crippen LogP contribution in [0.1, 0.15) is 25.7 Å². The summed E-state index contributed by atoms with van der Waals surface area (Å²) in [5.41, 5.74) is 1.12. The molecule has 0 amide bonds. The van der Waals surface area contributed by atoms with E-state index in [0.717, 1.165) is 25.2 Å². The third-order valence-electron chi connectivity index (χ3n) is 2.36. The van der Waals surface area contributed by atoms with Gasteiger partial charge in [-0.1, -0.05) is 0 Å². The third-order valence-corrected chi connectivity index (χ3v) is 2.36. The van der Waals surface area contributed by atoms with E-state index in [9.17, 15) is 4.79 Å². The van der Waals surface area contributed by atoms with E-state index in [-0.39, 0.29) is 5.78 Å². The van der Waals surface area contributed by atoms with Crippen molar-refractivity contribution in [1.82, 2.24) is 10.2 Å². The molecule has 14 heavy (non-hydrogen) atoms. The van der Waals surface area contributed by atoms with Gasteiger partial charge in [-0.25, -0.2) is 0 Å². The molecule has 0 aromatic carbocycles. The average Bonchev–Trinajstić information content (AvgIpc) is 2.50. The number of carbonyl (C=O) groups is 1. The van der Waals surface area contributed by atoms with E-state index in [4.69, 9.17) is 0 Å². The topological polar surface area (TPSA) is 32.3 Å². The molecule has 1 aliphatic carbocycles. The van der Waals surface area contributed by atoms with Gasteiger partial charge in [0.15, 0.2) is 5.78 Å². The van der Waals surface area contributed by atoms with Gasteiger partial charge in [0.25, 0.3) is 0 Å². The summed E-state index contributed by atoms with van der Waals surface area (Å²) < 4.78 is 0. The smallest absolute Gasteiger partial charge is 0.157 e. The molecule has 1 aliphatic rings. The number of ketones is 1. The molecule has 0 aromatic heterocycles. The predicted octanol–water partition coefficient (Wildman–Crippen LogP) is 1.16. The molecule has 0 heterocycles. The highest BCUT2D eigenvalue weighted by atomic mass is 16.1. The highest BCUT2D eigenvalue weighted by Gasteiger charge is 2.10. The normalized spacial score (nSPS) is 16.2. The number of carbonyl (C=O) groups excluding carboxylic acids is 1. The van der Waals surface area contributed by atoms with Crippen LogP contribution in [0.4, 0.5) is 0 Å². The van der Waals surface area contributed by atoms with Gasteiger partial charge in [-0.3, -0.25) is 4.79 Å². The van der Waals surface area contributed by atoms with Crippen molar-refractivity contribution in [2.75, 3.05) is 27.2 Å². The Morgan fingerprint density at radius 2 is 2.14 bits per heavy atom. The Hall–Kier alpha value is -0.830. The van der Waals surface area contributed by atoms with Crippen molar-refractivity contribution in [2.45, 2.75) is 25.7 Å². The first-order valence-corrected chi connectivity index (χ1v) is 5.30. The standard InChI is InChI=1S/C11H20N2O/c1-13(2)8-4-3-7-12-10-5-6-11(14)9-10/h9,12H,3-8H2,1-2H3. The zero-order valence-electron chi connectivity index (χ0n) is 9.18. The van der Waals surface area contributed by atoms with Crippen LogP contribution < -0.4 is 5.32 Å². The minimum absolute atomic E-state index is 0.265. The van der Waals surface area contributed by atoms with Gasteiger partial charge in [0, 0.05) is 24.7 Å². The lowest BCUT2D eigenvalue weighted by Crippen LogP contribution is -2.17. The molecule has 0 unspecified atom stereocenters. The summed E-state index contributed by atoms with van der Waals surface area (Å²) in [6.45, 7) is 2.13. The molecular weight excluding hydrogens is 176 g/mol. The summed E-state index contributed by atoms with van der Waals surface area (Å²) >= 11 is 0. The fraction of sp³-hybridized carbons (Fsp3) is 0.727. The maximum Gasteiger partial charge on any atom is 0.157 e. The average molecular weight is 196 g/mol. The lowest BCUT2D eigenvalue weighted by molar-refractivity contribution is -0.114. The predicted molar refractivity (Wildman–Crippen MR) is 58.1 cm³/mol. The number of hydrogen-bond acceptors (Lipinski definition) is 3. The molecule has 1 rings (SSSR count). The molecular formula is C11H20N2O. The van der Waals surface area contributed by atoms with Crippen LogP contribution in [0.25, 0.3) is 0 Å². The third kappa shape index (κ3) is 4.42. The summed E-state index contributed by atoms with van der Waals surface area (Å²) in [4.78, 5) is 13.1. The second-order valence-electron chi connectivity index (χ2n) is 4.07. The van der Waals surface area contributed by atoms with Crippen LogP contribution in [-0.4, -0.2) is 37.9 Å². The molecule has 0 saturated heterocycles.